The second-order valence-electron chi connectivity index (χ2n) is 4.95. The van der Waals surface area contributed by atoms with E-state index in [-0.39, 0.29) is 5.69 Å². The predicted octanol–water partition coefficient (Wildman–Crippen LogP) is 3.76. The van der Waals surface area contributed by atoms with Gasteiger partial charge in [-0.05, 0) is 36.8 Å². The maximum Gasteiger partial charge on any atom is 0.280 e. The first-order valence-electron chi connectivity index (χ1n) is 6.94. The molecule has 0 aliphatic rings. The molecule has 0 aliphatic carbocycles. The number of anilines is 3. The zero-order valence-electron chi connectivity index (χ0n) is 12.3. The minimum Gasteiger partial charge on any atom is -0.337 e. The van der Waals surface area contributed by atoms with Gasteiger partial charge in [-0.25, -0.2) is 0 Å². The van der Waals surface area contributed by atoms with Crippen molar-refractivity contribution in [3.63, 3.8) is 0 Å². The lowest BCUT2D eigenvalue weighted by atomic mass is 10.2. The van der Waals surface area contributed by atoms with E-state index in [2.05, 4.69) is 26.0 Å². The van der Waals surface area contributed by atoms with Gasteiger partial charge in [0.2, 0.25) is 0 Å². The number of aromatic amines is 1. The Kier molecular flexibility index (Phi) is 4.25. The number of nitrogens with one attached hydrogen (secondary N) is 3. The highest BCUT2D eigenvalue weighted by atomic mass is 35.5. The maximum absolute atomic E-state index is 12.4. The fraction of sp³-hybridized carbons (Fsp3) is 0.0625. The van der Waals surface area contributed by atoms with Crippen LogP contribution < -0.4 is 10.6 Å². The number of hydrogen-bond donors (Lipinski definition) is 3. The molecule has 0 saturated carbocycles. The van der Waals surface area contributed by atoms with Crippen molar-refractivity contribution in [2.24, 2.45) is 0 Å². The minimum absolute atomic E-state index is 0.158. The average Bonchev–Trinajstić information content (AvgIpc) is 2.99. The summed E-state index contributed by atoms with van der Waals surface area (Å²) in [5.74, 6) is -0.0557. The normalized spacial score (nSPS) is 10.3. The molecule has 0 radical (unpaired) electrons. The molecule has 3 aromatic rings. The van der Waals surface area contributed by atoms with Crippen LogP contribution in [0.15, 0.2) is 48.5 Å². The topological polar surface area (TPSA) is 82.7 Å². The third-order valence-corrected chi connectivity index (χ3v) is 3.49. The molecule has 3 rings (SSSR count). The Morgan fingerprint density at radius 2 is 1.91 bits per heavy atom. The number of carbonyl (C=O) groups excluding carboxylic acids is 1. The number of H-pyrrole nitrogens is 1. The molecule has 1 aromatic heterocycles. The van der Waals surface area contributed by atoms with Crippen molar-refractivity contribution < 1.29 is 4.79 Å². The number of para-hydroxylation sites is 1. The number of aryl methyl sites for hydroxylation is 1. The molecular formula is C16H14ClN5O. The lowest BCUT2D eigenvalue weighted by molar-refractivity contribution is 0.102. The fourth-order valence-electron chi connectivity index (χ4n) is 2.04. The molecule has 1 amide bonds. The van der Waals surface area contributed by atoms with Crippen LogP contribution in [0.1, 0.15) is 16.1 Å². The Balaban J connectivity index is 1.79. The van der Waals surface area contributed by atoms with Crippen LogP contribution in [0, 0.1) is 6.92 Å². The molecule has 3 N–H and O–H groups in total. The summed E-state index contributed by atoms with van der Waals surface area (Å²) in [6.45, 7) is 1.93. The Labute approximate surface area is 137 Å². The summed E-state index contributed by atoms with van der Waals surface area (Å²) in [5.41, 5.74) is 2.51. The van der Waals surface area contributed by atoms with Gasteiger partial charge in [-0.2, -0.15) is 5.21 Å². The van der Waals surface area contributed by atoms with Crippen LogP contribution in [-0.4, -0.2) is 21.3 Å². The summed E-state index contributed by atoms with van der Waals surface area (Å²) in [5, 5.41) is 16.6. The third-order valence-electron chi connectivity index (χ3n) is 3.17. The number of amides is 1. The minimum atomic E-state index is -0.400. The van der Waals surface area contributed by atoms with Crippen LogP contribution in [0.2, 0.25) is 5.02 Å². The Hall–Kier alpha value is -2.86. The highest BCUT2D eigenvalue weighted by Crippen LogP contribution is 2.24. The van der Waals surface area contributed by atoms with Crippen molar-refractivity contribution in [3.8, 4) is 0 Å². The van der Waals surface area contributed by atoms with Gasteiger partial charge in [0.25, 0.3) is 5.91 Å². The Bertz CT molecular complexity index is 831. The van der Waals surface area contributed by atoms with E-state index in [0.29, 0.717) is 16.5 Å². The van der Waals surface area contributed by atoms with E-state index >= 15 is 0 Å². The molecule has 7 heteroatoms. The SMILES string of the molecule is Cc1ccc(NC(=O)c2n[nH]nc2Nc2ccccc2)c(Cl)c1. The summed E-state index contributed by atoms with van der Waals surface area (Å²) in [7, 11) is 0. The molecule has 0 atom stereocenters. The summed E-state index contributed by atoms with van der Waals surface area (Å²) in [4.78, 5) is 12.4. The number of benzene rings is 2. The van der Waals surface area contributed by atoms with Gasteiger partial charge < -0.3 is 10.6 Å². The number of hydrogen-bond acceptors (Lipinski definition) is 4. The van der Waals surface area contributed by atoms with E-state index in [1.807, 2.05) is 43.3 Å². The van der Waals surface area contributed by atoms with E-state index < -0.39 is 5.91 Å². The van der Waals surface area contributed by atoms with Crippen molar-refractivity contribution in [2.75, 3.05) is 10.6 Å². The number of rotatable bonds is 4. The first-order chi connectivity index (χ1) is 11.1. The average molecular weight is 328 g/mol. The highest BCUT2D eigenvalue weighted by Gasteiger charge is 2.17. The van der Waals surface area contributed by atoms with Gasteiger partial charge in [0.05, 0.1) is 10.7 Å². The first kappa shape index (κ1) is 15.1. The lowest BCUT2D eigenvalue weighted by Gasteiger charge is -2.08. The molecule has 0 saturated heterocycles. The van der Waals surface area contributed by atoms with Crippen molar-refractivity contribution in [1.29, 1.82) is 0 Å². The number of nitrogens with zero attached hydrogens (tertiary/aromatic N) is 2. The Morgan fingerprint density at radius 3 is 2.65 bits per heavy atom. The highest BCUT2D eigenvalue weighted by molar-refractivity contribution is 6.34. The molecule has 6 nitrogen and oxygen atoms in total. The molecule has 116 valence electrons. The van der Waals surface area contributed by atoms with Crippen LogP contribution in [0.25, 0.3) is 0 Å². The van der Waals surface area contributed by atoms with Gasteiger partial charge >= 0.3 is 0 Å². The van der Waals surface area contributed by atoms with Gasteiger partial charge in [0.1, 0.15) is 0 Å². The largest absolute Gasteiger partial charge is 0.337 e. The van der Waals surface area contributed by atoms with E-state index in [4.69, 9.17) is 11.6 Å². The van der Waals surface area contributed by atoms with Crippen LogP contribution in [0.5, 0.6) is 0 Å². The van der Waals surface area contributed by atoms with E-state index in [0.717, 1.165) is 11.3 Å². The van der Waals surface area contributed by atoms with Crippen molar-refractivity contribution in [2.45, 2.75) is 6.92 Å². The predicted molar refractivity (Wildman–Crippen MR) is 90.2 cm³/mol. The lowest BCUT2D eigenvalue weighted by Crippen LogP contribution is -2.14. The standard InChI is InChI=1S/C16H14ClN5O/c1-10-7-8-13(12(17)9-10)19-16(23)14-15(21-22-20-14)18-11-5-3-2-4-6-11/h2-9H,1H3,(H,19,23)(H2,18,20,21,22). The van der Waals surface area contributed by atoms with E-state index in [1.54, 1.807) is 12.1 Å². The zero-order chi connectivity index (χ0) is 16.2. The molecule has 0 aliphatic heterocycles. The van der Waals surface area contributed by atoms with Crippen LogP contribution in [-0.2, 0) is 0 Å². The van der Waals surface area contributed by atoms with Gasteiger partial charge in [-0.15, -0.1) is 10.2 Å². The smallest absolute Gasteiger partial charge is 0.280 e. The number of halogens is 1. The molecule has 0 unspecified atom stereocenters. The van der Waals surface area contributed by atoms with E-state index in [1.165, 1.54) is 0 Å². The monoisotopic (exact) mass is 327 g/mol. The van der Waals surface area contributed by atoms with E-state index in [9.17, 15) is 4.79 Å². The number of aromatic nitrogens is 3. The third kappa shape index (κ3) is 3.49. The molecule has 0 bridgehead atoms. The summed E-state index contributed by atoms with van der Waals surface area (Å²) >= 11 is 6.13. The fourth-order valence-corrected chi connectivity index (χ4v) is 2.32. The van der Waals surface area contributed by atoms with Crippen LogP contribution in [0.4, 0.5) is 17.2 Å². The van der Waals surface area contributed by atoms with Gasteiger partial charge in [-0.3, -0.25) is 4.79 Å². The number of carbonyl (C=O) groups is 1. The maximum atomic E-state index is 12.4. The second kappa shape index (κ2) is 6.50. The zero-order valence-corrected chi connectivity index (χ0v) is 13.1. The van der Waals surface area contributed by atoms with Crippen molar-refractivity contribution >= 4 is 34.7 Å². The van der Waals surface area contributed by atoms with Gasteiger partial charge in [0, 0.05) is 5.69 Å². The van der Waals surface area contributed by atoms with Crippen molar-refractivity contribution in [3.05, 3.63) is 64.8 Å². The molecule has 0 spiro atoms. The quantitative estimate of drug-likeness (QED) is 0.681. The molecular weight excluding hydrogens is 314 g/mol. The summed E-state index contributed by atoms with van der Waals surface area (Å²) < 4.78 is 0. The summed E-state index contributed by atoms with van der Waals surface area (Å²) in [6, 6.07) is 14.8. The molecule has 2 aromatic carbocycles. The Morgan fingerprint density at radius 1 is 1.13 bits per heavy atom. The second-order valence-corrected chi connectivity index (χ2v) is 5.36. The van der Waals surface area contributed by atoms with Crippen LogP contribution >= 0.6 is 11.6 Å². The van der Waals surface area contributed by atoms with Gasteiger partial charge in [0.15, 0.2) is 11.5 Å². The van der Waals surface area contributed by atoms with Crippen LogP contribution in [0.3, 0.4) is 0 Å². The summed E-state index contributed by atoms with van der Waals surface area (Å²) in [6.07, 6.45) is 0. The van der Waals surface area contributed by atoms with Crippen molar-refractivity contribution in [1.82, 2.24) is 15.4 Å². The molecule has 0 fully saturated rings. The van der Waals surface area contributed by atoms with Gasteiger partial charge in [-0.1, -0.05) is 35.9 Å². The first-order valence-corrected chi connectivity index (χ1v) is 7.31. The molecule has 23 heavy (non-hydrogen) atoms. The molecule has 1 heterocycles.